The van der Waals surface area contributed by atoms with Gasteiger partial charge in [0, 0.05) is 13.1 Å². The molecule has 0 aliphatic carbocycles. The lowest BCUT2D eigenvalue weighted by Crippen LogP contribution is -2.42. The van der Waals surface area contributed by atoms with Crippen LogP contribution in [0.25, 0.3) is 0 Å². The van der Waals surface area contributed by atoms with Crippen molar-refractivity contribution in [2.75, 3.05) is 24.6 Å². The molecule has 31 heavy (non-hydrogen) atoms. The van der Waals surface area contributed by atoms with Gasteiger partial charge in [-0.1, -0.05) is 50.1 Å². The monoisotopic (exact) mass is 498 g/mol. The Balaban J connectivity index is 0. The second-order valence-corrected chi connectivity index (χ2v) is 7.00. The average molecular weight is 500 g/mol. The number of amides is 1. The van der Waals surface area contributed by atoms with Crippen molar-refractivity contribution in [2.24, 2.45) is 11.5 Å². The maximum atomic E-state index is 12.6. The molecule has 1 heterocycles. The van der Waals surface area contributed by atoms with Crippen LogP contribution in [0.4, 0.5) is 11.6 Å². The van der Waals surface area contributed by atoms with Crippen LogP contribution in [0, 0.1) is 10.8 Å². The molecule has 11 nitrogen and oxygen atoms in total. The van der Waals surface area contributed by atoms with Gasteiger partial charge in [0.1, 0.15) is 0 Å². The number of carbonyl (C=O) groups excluding carboxylic acids is 1. The van der Waals surface area contributed by atoms with Crippen molar-refractivity contribution in [3.05, 3.63) is 10.8 Å². The van der Waals surface area contributed by atoms with E-state index in [-0.39, 0.29) is 65.8 Å². The molecular formula is C17H33Cl3N10O. The van der Waals surface area contributed by atoms with E-state index in [1.54, 1.807) is 0 Å². The van der Waals surface area contributed by atoms with Crippen LogP contribution in [0.5, 0.6) is 0 Å². The molecule has 14 heteroatoms. The van der Waals surface area contributed by atoms with E-state index in [4.69, 9.17) is 45.4 Å². The summed E-state index contributed by atoms with van der Waals surface area (Å²) in [5, 5.41) is 17.4. The Morgan fingerprint density at radius 3 is 1.94 bits per heavy atom. The minimum atomic E-state index is -0.622. The molecule has 0 aliphatic rings. The molecule has 1 aromatic rings. The first kappa shape index (κ1) is 30.9. The number of halogens is 3. The quantitative estimate of drug-likeness (QED) is 0.128. The molecule has 0 radical (unpaired) electrons. The molecule has 1 rings (SSSR count). The third kappa shape index (κ3) is 11.7. The molecule has 0 fully saturated rings. The number of rotatable bonds is 12. The fourth-order valence-electron chi connectivity index (χ4n) is 2.74. The number of hydrogen-bond acceptors (Lipinski definition) is 7. The molecular weight excluding hydrogens is 467 g/mol. The van der Waals surface area contributed by atoms with E-state index >= 15 is 0 Å². The standard InChI is InChI=1S/C17H31ClN10O.2ClH/c18-12-14(20)27-13(19)11(26-12)15(29)28(17(23)24)10-8-6-4-2-1-3-5-7-9-25-16(21)22;;/h1-10H2,(H3,23,24)(H4,19,20,27)(H4,21,22,25);2*1H. The fourth-order valence-corrected chi connectivity index (χ4v) is 2.86. The normalized spacial score (nSPS) is 9.84. The van der Waals surface area contributed by atoms with E-state index in [9.17, 15) is 4.79 Å². The number of guanidine groups is 2. The van der Waals surface area contributed by atoms with Crippen molar-refractivity contribution >= 4 is 65.9 Å². The number of nitrogen functional groups attached to an aromatic ring is 2. The molecule has 11 N–H and O–H groups in total. The Morgan fingerprint density at radius 1 is 0.903 bits per heavy atom. The lowest BCUT2D eigenvalue weighted by Gasteiger charge is -2.20. The molecule has 1 aromatic heterocycles. The van der Waals surface area contributed by atoms with Crippen LogP contribution in [0.3, 0.4) is 0 Å². The molecule has 0 bridgehead atoms. The van der Waals surface area contributed by atoms with Crippen LogP contribution >= 0.6 is 36.4 Å². The van der Waals surface area contributed by atoms with Gasteiger partial charge < -0.3 is 28.3 Å². The van der Waals surface area contributed by atoms with Gasteiger partial charge in [0.25, 0.3) is 5.91 Å². The van der Waals surface area contributed by atoms with Gasteiger partial charge >= 0.3 is 0 Å². The predicted octanol–water partition coefficient (Wildman–Crippen LogP) is 2.08. The lowest BCUT2D eigenvalue weighted by molar-refractivity contribution is 0.0838. The summed E-state index contributed by atoms with van der Waals surface area (Å²) in [4.78, 5) is 21.4. The first-order chi connectivity index (χ1) is 13.7. The molecule has 0 aromatic carbocycles. The Kier molecular flexibility index (Phi) is 16.4. The summed E-state index contributed by atoms with van der Waals surface area (Å²) >= 11 is 5.81. The first-order valence-corrected chi connectivity index (χ1v) is 9.94. The van der Waals surface area contributed by atoms with Gasteiger partial charge in [-0.05, 0) is 12.8 Å². The summed E-state index contributed by atoms with van der Waals surface area (Å²) in [5.74, 6) is -1.21. The Morgan fingerprint density at radius 2 is 1.42 bits per heavy atom. The maximum Gasteiger partial charge on any atom is 0.283 e. The Hall–Kier alpha value is -2.24. The summed E-state index contributed by atoms with van der Waals surface area (Å²) in [6.07, 6.45) is 8.09. The van der Waals surface area contributed by atoms with Crippen LogP contribution in [0.1, 0.15) is 61.9 Å². The van der Waals surface area contributed by atoms with Crippen molar-refractivity contribution in [1.82, 2.24) is 20.2 Å². The average Bonchev–Trinajstić information content (AvgIpc) is 2.64. The van der Waals surface area contributed by atoms with Gasteiger partial charge in [0.05, 0.1) is 0 Å². The zero-order valence-corrected chi connectivity index (χ0v) is 19.7. The first-order valence-electron chi connectivity index (χ1n) is 9.56. The SMILES string of the molecule is Cl.Cl.N=C(N)NCCCCCCCCCCN(C(=N)N)C(=O)c1nc(Cl)c(N)nc1N. The zero-order valence-electron chi connectivity index (χ0n) is 17.3. The van der Waals surface area contributed by atoms with Crippen molar-refractivity contribution in [3.63, 3.8) is 0 Å². The number of nitrogens with zero attached hydrogens (tertiary/aromatic N) is 3. The fraction of sp³-hybridized carbons (Fsp3) is 0.588. The smallest absolute Gasteiger partial charge is 0.283 e. The highest BCUT2D eigenvalue weighted by molar-refractivity contribution is 6.31. The predicted molar refractivity (Wildman–Crippen MR) is 130 cm³/mol. The van der Waals surface area contributed by atoms with Crippen LogP contribution in [-0.4, -0.2) is 45.8 Å². The van der Waals surface area contributed by atoms with Crippen LogP contribution in [-0.2, 0) is 0 Å². The summed E-state index contributed by atoms with van der Waals surface area (Å²) in [7, 11) is 0. The largest absolute Gasteiger partial charge is 0.382 e. The minimum absolute atomic E-state index is 0. The number of nitrogens with two attached hydrogens (primary N) is 4. The highest BCUT2D eigenvalue weighted by Crippen LogP contribution is 2.19. The van der Waals surface area contributed by atoms with Crippen LogP contribution in [0.2, 0.25) is 5.15 Å². The van der Waals surface area contributed by atoms with Crippen molar-refractivity contribution in [1.29, 1.82) is 10.8 Å². The van der Waals surface area contributed by atoms with E-state index in [1.807, 2.05) is 0 Å². The summed E-state index contributed by atoms with van der Waals surface area (Å²) in [5.41, 5.74) is 21.8. The van der Waals surface area contributed by atoms with E-state index in [1.165, 1.54) is 0 Å². The molecule has 0 unspecified atom stereocenters. The molecule has 0 spiro atoms. The van der Waals surface area contributed by atoms with Gasteiger partial charge in [-0.2, -0.15) is 0 Å². The highest BCUT2D eigenvalue weighted by atomic mass is 35.5. The lowest BCUT2D eigenvalue weighted by atomic mass is 10.1. The van der Waals surface area contributed by atoms with Gasteiger partial charge in [0.2, 0.25) is 0 Å². The van der Waals surface area contributed by atoms with Gasteiger partial charge in [-0.3, -0.25) is 20.5 Å². The van der Waals surface area contributed by atoms with Crippen molar-refractivity contribution in [2.45, 2.75) is 51.4 Å². The molecule has 0 aliphatic heterocycles. The van der Waals surface area contributed by atoms with Gasteiger partial charge in [-0.15, -0.1) is 24.8 Å². The van der Waals surface area contributed by atoms with Crippen LogP contribution in [0.15, 0.2) is 0 Å². The van der Waals surface area contributed by atoms with Gasteiger partial charge in [-0.25, -0.2) is 9.97 Å². The zero-order chi connectivity index (χ0) is 21.8. The van der Waals surface area contributed by atoms with Crippen molar-refractivity contribution < 1.29 is 4.79 Å². The summed E-state index contributed by atoms with van der Waals surface area (Å²) in [6, 6.07) is 0. The Bertz CT molecular complexity index is 720. The Labute approximate surface area is 199 Å². The molecule has 0 saturated carbocycles. The van der Waals surface area contributed by atoms with Crippen LogP contribution < -0.4 is 28.3 Å². The number of carbonyl (C=O) groups is 1. The topological polar surface area (TPSA) is 210 Å². The second kappa shape index (κ2) is 16.5. The number of anilines is 2. The third-order valence-corrected chi connectivity index (χ3v) is 4.55. The second-order valence-electron chi connectivity index (χ2n) is 6.64. The molecule has 178 valence electrons. The highest BCUT2D eigenvalue weighted by Gasteiger charge is 2.23. The third-order valence-electron chi connectivity index (χ3n) is 4.27. The molecule has 1 amide bonds. The van der Waals surface area contributed by atoms with E-state index in [0.29, 0.717) is 6.42 Å². The summed E-state index contributed by atoms with van der Waals surface area (Å²) in [6.45, 7) is 1.02. The minimum Gasteiger partial charge on any atom is -0.382 e. The number of unbranched alkanes of at least 4 members (excludes halogenated alkanes) is 7. The summed E-state index contributed by atoms with van der Waals surface area (Å²) < 4.78 is 0. The molecule has 0 atom stereocenters. The number of hydrogen-bond donors (Lipinski definition) is 7. The van der Waals surface area contributed by atoms with E-state index in [0.717, 1.165) is 56.4 Å². The van der Waals surface area contributed by atoms with Gasteiger partial charge in [0.15, 0.2) is 34.4 Å². The number of nitrogens with one attached hydrogen (secondary N) is 3. The van der Waals surface area contributed by atoms with E-state index in [2.05, 4.69) is 15.3 Å². The number of aromatic nitrogens is 2. The molecule has 0 saturated heterocycles. The van der Waals surface area contributed by atoms with Crippen molar-refractivity contribution in [3.8, 4) is 0 Å². The maximum absolute atomic E-state index is 12.6. The van der Waals surface area contributed by atoms with E-state index < -0.39 is 5.91 Å².